The van der Waals surface area contributed by atoms with Gasteiger partial charge in [0.15, 0.2) is 6.29 Å². The van der Waals surface area contributed by atoms with Gasteiger partial charge in [0, 0.05) is 5.56 Å². The van der Waals surface area contributed by atoms with Crippen molar-refractivity contribution in [3.63, 3.8) is 0 Å². The number of hydrogen-bond donors (Lipinski definition) is 2. The lowest BCUT2D eigenvalue weighted by Crippen LogP contribution is -2.00. The van der Waals surface area contributed by atoms with Crippen LogP contribution < -0.4 is 5.32 Å². The second-order valence-electron chi connectivity index (χ2n) is 3.61. The molecular formula is C13H12N2O3. The number of rotatable bonds is 5. The highest BCUT2D eigenvalue weighted by atomic mass is 16.3. The highest BCUT2D eigenvalue weighted by Crippen LogP contribution is 2.36. The Morgan fingerprint density at radius 2 is 2.28 bits per heavy atom. The smallest absolute Gasteiger partial charge is 0.152 e. The standard InChI is InChI=1S/C13H12N2O3/c1-14-12-9(8-16)4-5-11(17)13(12)15-7-10-3-2-6-18-10/h2-6,8,15,17H,1,7H2. The molecule has 18 heavy (non-hydrogen) atoms. The van der Waals surface area contributed by atoms with Gasteiger partial charge in [-0.25, -0.2) is 0 Å². The molecular weight excluding hydrogens is 232 g/mol. The van der Waals surface area contributed by atoms with E-state index in [0.29, 0.717) is 35.5 Å². The van der Waals surface area contributed by atoms with Crippen LogP contribution in [0.25, 0.3) is 0 Å². The van der Waals surface area contributed by atoms with Crippen LogP contribution in [0.15, 0.2) is 39.9 Å². The SMILES string of the molecule is C=Nc1c(C=O)ccc(O)c1NCc1ccco1. The van der Waals surface area contributed by atoms with Crippen LogP contribution in [0.5, 0.6) is 5.75 Å². The van der Waals surface area contributed by atoms with Gasteiger partial charge in [-0.3, -0.25) is 9.79 Å². The Kier molecular flexibility index (Phi) is 3.43. The third kappa shape index (κ3) is 2.24. The van der Waals surface area contributed by atoms with Crippen LogP contribution in [0.2, 0.25) is 0 Å². The Bertz CT molecular complexity index is 562. The first-order valence-corrected chi connectivity index (χ1v) is 5.30. The molecule has 0 spiro atoms. The molecule has 0 aliphatic carbocycles. The van der Waals surface area contributed by atoms with E-state index in [0.717, 1.165) is 0 Å². The lowest BCUT2D eigenvalue weighted by Gasteiger charge is -2.11. The topological polar surface area (TPSA) is 74.8 Å². The van der Waals surface area contributed by atoms with Gasteiger partial charge in [-0.05, 0) is 31.0 Å². The van der Waals surface area contributed by atoms with Crippen molar-refractivity contribution in [3.8, 4) is 5.75 Å². The zero-order valence-corrected chi connectivity index (χ0v) is 9.59. The molecule has 0 aliphatic heterocycles. The average molecular weight is 244 g/mol. The first-order chi connectivity index (χ1) is 8.76. The summed E-state index contributed by atoms with van der Waals surface area (Å²) in [5, 5.41) is 12.7. The van der Waals surface area contributed by atoms with Crippen molar-refractivity contribution >= 4 is 24.4 Å². The fourth-order valence-electron chi connectivity index (χ4n) is 1.63. The highest BCUT2D eigenvalue weighted by Gasteiger charge is 2.11. The lowest BCUT2D eigenvalue weighted by atomic mass is 10.1. The van der Waals surface area contributed by atoms with E-state index in [2.05, 4.69) is 17.0 Å². The molecule has 5 nitrogen and oxygen atoms in total. The first kappa shape index (κ1) is 11.9. The van der Waals surface area contributed by atoms with E-state index in [1.807, 2.05) is 0 Å². The summed E-state index contributed by atoms with van der Waals surface area (Å²) in [6, 6.07) is 6.49. The van der Waals surface area contributed by atoms with Crippen LogP contribution >= 0.6 is 0 Å². The number of phenols is 1. The Morgan fingerprint density at radius 1 is 1.44 bits per heavy atom. The van der Waals surface area contributed by atoms with Gasteiger partial charge in [0.2, 0.25) is 0 Å². The van der Waals surface area contributed by atoms with Crippen LogP contribution in [-0.2, 0) is 6.54 Å². The molecule has 0 unspecified atom stereocenters. The molecule has 1 aromatic carbocycles. The predicted octanol–water partition coefficient (Wildman–Crippen LogP) is 2.74. The minimum Gasteiger partial charge on any atom is -0.506 e. The number of anilines is 1. The van der Waals surface area contributed by atoms with E-state index in [4.69, 9.17) is 4.42 Å². The lowest BCUT2D eigenvalue weighted by molar-refractivity contribution is 0.112. The Hall–Kier alpha value is -2.56. The molecule has 0 amide bonds. The third-order valence-corrected chi connectivity index (χ3v) is 2.49. The molecule has 2 N–H and O–H groups in total. The maximum atomic E-state index is 10.9. The molecule has 5 heteroatoms. The summed E-state index contributed by atoms with van der Waals surface area (Å²) in [4.78, 5) is 14.6. The van der Waals surface area contributed by atoms with E-state index in [9.17, 15) is 9.90 Å². The van der Waals surface area contributed by atoms with Crippen molar-refractivity contribution < 1.29 is 14.3 Å². The molecule has 0 radical (unpaired) electrons. The first-order valence-electron chi connectivity index (χ1n) is 5.30. The normalized spacial score (nSPS) is 10.0. The number of nitrogens with zero attached hydrogens (tertiary/aromatic N) is 1. The van der Waals surface area contributed by atoms with Gasteiger partial charge in [-0.1, -0.05) is 0 Å². The number of carbonyl (C=O) groups excluding carboxylic acids is 1. The van der Waals surface area contributed by atoms with E-state index >= 15 is 0 Å². The quantitative estimate of drug-likeness (QED) is 0.481. The van der Waals surface area contributed by atoms with Crippen LogP contribution in [-0.4, -0.2) is 18.1 Å². The molecule has 1 aromatic heterocycles. The number of aliphatic imine (C=N–C) groups is 1. The molecule has 92 valence electrons. The summed E-state index contributed by atoms with van der Waals surface area (Å²) < 4.78 is 5.17. The van der Waals surface area contributed by atoms with Gasteiger partial charge in [0.25, 0.3) is 0 Å². The van der Waals surface area contributed by atoms with E-state index in [1.54, 1.807) is 18.4 Å². The van der Waals surface area contributed by atoms with Crippen LogP contribution in [0, 0.1) is 0 Å². The number of aromatic hydroxyl groups is 1. The van der Waals surface area contributed by atoms with Crippen LogP contribution in [0.4, 0.5) is 11.4 Å². The monoisotopic (exact) mass is 244 g/mol. The second-order valence-corrected chi connectivity index (χ2v) is 3.61. The average Bonchev–Trinajstić information content (AvgIpc) is 2.90. The molecule has 2 rings (SSSR count). The number of hydrogen-bond acceptors (Lipinski definition) is 5. The molecule has 0 fully saturated rings. The van der Waals surface area contributed by atoms with Gasteiger partial charge >= 0.3 is 0 Å². The Labute approximate surface area is 104 Å². The van der Waals surface area contributed by atoms with Crippen molar-refractivity contribution in [1.29, 1.82) is 0 Å². The van der Waals surface area contributed by atoms with Gasteiger partial charge in [-0.2, -0.15) is 0 Å². The number of nitrogens with one attached hydrogen (secondary N) is 1. The maximum Gasteiger partial charge on any atom is 0.152 e. The minimum absolute atomic E-state index is 0.00885. The number of phenolic OH excluding ortho intramolecular Hbond substituents is 1. The number of aldehydes is 1. The fourth-order valence-corrected chi connectivity index (χ4v) is 1.63. The van der Waals surface area contributed by atoms with Crippen molar-refractivity contribution in [2.24, 2.45) is 4.99 Å². The number of furan rings is 1. The van der Waals surface area contributed by atoms with Crippen molar-refractivity contribution in [2.45, 2.75) is 6.54 Å². The molecule has 0 aliphatic rings. The zero-order valence-electron chi connectivity index (χ0n) is 9.59. The number of carbonyl (C=O) groups is 1. The largest absolute Gasteiger partial charge is 0.506 e. The highest BCUT2D eigenvalue weighted by molar-refractivity contribution is 5.91. The third-order valence-electron chi connectivity index (χ3n) is 2.49. The summed E-state index contributed by atoms with van der Waals surface area (Å²) in [6.07, 6.45) is 2.23. The number of benzene rings is 1. The van der Waals surface area contributed by atoms with Gasteiger partial charge in [0.05, 0.1) is 18.5 Å². The van der Waals surface area contributed by atoms with Crippen LogP contribution in [0.3, 0.4) is 0 Å². The molecule has 0 atom stereocenters. The predicted molar refractivity (Wildman–Crippen MR) is 68.7 cm³/mol. The fraction of sp³-hybridized carbons (Fsp3) is 0.0769. The molecule has 1 heterocycles. The van der Waals surface area contributed by atoms with Gasteiger partial charge in [-0.15, -0.1) is 0 Å². The Morgan fingerprint density at radius 3 is 2.89 bits per heavy atom. The van der Waals surface area contributed by atoms with E-state index in [1.165, 1.54) is 12.1 Å². The molecule has 0 saturated heterocycles. The van der Waals surface area contributed by atoms with E-state index < -0.39 is 0 Å². The van der Waals surface area contributed by atoms with Crippen molar-refractivity contribution in [1.82, 2.24) is 0 Å². The summed E-state index contributed by atoms with van der Waals surface area (Å²) in [5.74, 6) is 0.718. The van der Waals surface area contributed by atoms with Gasteiger partial charge in [0.1, 0.15) is 17.2 Å². The molecule has 2 aromatic rings. The summed E-state index contributed by atoms with van der Waals surface area (Å²) in [5.41, 5.74) is 1.06. The molecule has 0 saturated carbocycles. The summed E-state index contributed by atoms with van der Waals surface area (Å²) >= 11 is 0. The van der Waals surface area contributed by atoms with Gasteiger partial charge < -0.3 is 14.8 Å². The second kappa shape index (κ2) is 5.18. The summed E-state index contributed by atoms with van der Waals surface area (Å²) in [7, 11) is 0. The Balaban J connectivity index is 2.30. The maximum absolute atomic E-state index is 10.9. The van der Waals surface area contributed by atoms with Crippen molar-refractivity contribution in [2.75, 3.05) is 5.32 Å². The summed E-state index contributed by atoms with van der Waals surface area (Å²) in [6.45, 7) is 3.78. The van der Waals surface area contributed by atoms with Crippen LogP contribution in [0.1, 0.15) is 16.1 Å². The zero-order chi connectivity index (χ0) is 13.0. The molecule has 0 bridgehead atoms. The van der Waals surface area contributed by atoms with E-state index in [-0.39, 0.29) is 5.75 Å². The van der Waals surface area contributed by atoms with Crippen molar-refractivity contribution in [3.05, 3.63) is 41.9 Å². The minimum atomic E-state index is 0.00885.